The molecule has 1 N–H and O–H groups in total. The van der Waals surface area contributed by atoms with Gasteiger partial charge in [0, 0.05) is 10.4 Å². The van der Waals surface area contributed by atoms with Crippen molar-refractivity contribution in [2.24, 2.45) is 4.99 Å². The number of amides is 1. The van der Waals surface area contributed by atoms with Gasteiger partial charge in [0.2, 0.25) is 0 Å². The summed E-state index contributed by atoms with van der Waals surface area (Å²) in [5, 5.41) is 14.6. The van der Waals surface area contributed by atoms with Gasteiger partial charge in [-0.1, -0.05) is 85.6 Å². The SMILES string of the molecule is CCCc1sc(=NC(=O)c2ccccc2Cl)n(Cc2ccc(-c3ccccc3-c3nnn[nH]3)cc2)c1C(=O)OCC. The number of esters is 1. The number of aryl methyl sites for hydroxylation is 1. The Balaban J connectivity index is 1.56. The highest BCUT2D eigenvalue weighted by Crippen LogP contribution is 2.30. The predicted octanol–water partition coefficient (Wildman–Crippen LogP) is 5.97. The van der Waals surface area contributed by atoms with Crippen LogP contribution in [0, 0.1) is 0 Å². The van der Waals surface area contributed by atoms with E-state index in [0.29, 0.717) is 39.9 Å². The van der Waals surface area contributed by atoms with Gasteiger partial charge in [0.25, 0.3) is 5.91 Å². The predicted molar refractivity (Wildman–Crippen MR) is 158 cm³/mol. The number of tetrazole rings is 1. The fourth-order valence-electron chi connectivity index (χ4n) is 4.48. The highest BCUT2D eigenvalue weighted by Gasteiger charge is 2.23. The Kier molecular flexibility index (Phi) is 8.81. The minimum Gasteiger partial charge on any atom is -0.461 e. The molecule has 0 radical (unpaired) electrons. The molecular weight excluding hydrogens is 560 g/mol. The summed E-state index contributed by atoms with van der Waals surface area (Å²) in [4.78, 5) is 32.0. The van der Waals surface area contributed by atoms with E-state index in [4.69, 9.17) is 16.3 Å². The quantitative estimate of drug-likeness (QED) is 0.213. The van der Waals surface area contributed by atoms with Gasteiger partial charge >= 0.3 is 5.97 Å². The summed E-state index contributed by atoms with van der Waals surface area (Å²) < 4.78 is 7.19. The van der Waals surface area contributed by atoms with Gasteiger partial charge in [0.15, 0.2) is 10.6 Å². The molecule has 3 aromatic carbocycles. The van der Waals surface area contributed by atoms with Crippen LogP contribution in [-0.4, -0.2) is 43.7 Å². The van der Waals surface area contributed by atoms with E-state index in [9.17, 15) is 9.59 Å². The van der Waals surface area contributed by atoms with Crippen LogP contribution in [0.2, 0.25) is 5.02 Å². The Morgan fingerprint density at radius 3 is 2.41 bits per heavy atom. The Morgan fingerprint density at radius 1 is 1.00 bits per heavy atom. The molecule has 5 aromatic rings. The fourth-order valence-corrected chi connectivity index (χ4v) is 5.91. The number of H-pyrrole nitrogens is 1. The van der Waals surface area contributed by atoms with Crippen LogP contribution >= 0.6 is 22.9 Å². The summed E-state index contributed by atoms with van der Waals surface area (Å²) in [7, 11) is 0. The molecule has 0 fully saturated rings. The molecule has 0 saturated carbocycles. The zero-order valence-corrected chi connectivity index (χ0v) is 24.1. The number of carbonyl (C=O) groups excluding carboxylic acids is 2. The number of ether oxygens (including phenoxy) is 1. The van der Waals surface area contributed by atoms with Crippen LogP contribution in [0.1, 0.15) is 51.6 Å². The lowest BCUT2D eigenvalue weighted by atomic mass is 9.98. The smallest absolute Gasteiger partial charge is 0.356 e. The molecule has 0 saturated heterocycles. The van der Waals surface area contributed by atoms with E-state index in [2.05, 4.69) is 25.6 Å². The largest absolute Gasteiger partial charge is 0.461 e. The maximum atomic E-state index is 13.2. The first-order chi connectivity index (χ1) is 20.0. The van der Waals surface area contributed by atoms with Gasteiger partial charge < -0.3 is 9.30 Å². The van der Waals surface area contributed by atoms with Crippen molar-refractivity contribution >= 4 is 34.8 Å². The van der Waals surface area contributed by atoms with Crippen molar-refractivity contribution in [2.75, 3.05) is 6.61 Å². The normalized spacial score (nSPS) is 11.5. The second-order valence-electron chi connectivity index (χ2n) is 9.10. The number of carbonyl (C=O) groups is 2. The molecular formula is C30H27ClN6O3S. The molecule has 0 atom stereocenters. The van der Waals surface area contributed by atoms with Gasteiger partial charge in [0.1, 0.15) is 5.69 Å². The van der Waals surface area contributed by atoms with Gasteiger partial charge in [-0.15, -0.1) is 16.4 Å². The van der Waals surface area contributed by atoms with Crippen molar-refractivity contribution in [3.63, 3.8) is 0 Å². The van der Waals surface area contributed by atoms with Crippen LogP contribution in [0.25, 0.3) is 22.5 Å². The first-order valence-corrected chi connectivity index (χ1v) is 14.3. The second-order valence-corrected chi connectivity index (χ2v) is 10.6. The lowest BCUT2D eigenvalue weighted by Gasteiger charge is -2.12. The maximum absolute atomic E-state index is 13.2. The van der Waals surface area contributed by atoms with Crippen LogP contribution in [-0.2, 0) is 17.7 Å². The molecule has 2 heterocycles. The van der Waals surface area contributed by atoms with E-state index in [1.807, 2.05) is 55.5 Å². The number of hydrogen-bond acceptors (Lipinski definition) is 7. The average Bonchev–Trinajstić information content (AvgIpc) is 3.63. The first kappa shape index (κ1) is 28.1. The molecule has 0 aliphatic heterocycles. The molecule has 0 spiro atoms. The number of rotatable bonds is 9. The molecule has 0 aliphatic carbocycles. The Morgan fingerprint density at radius 2 is 1.73 bits per heavy atom. The monoisotopic (exact) mass is 586 g/mol. The Bertz CT molecular complexity index is 1740. The van der Waals surface area contributed by atoms with Crippen molar-refractivity contribution in [3.8, 4) is 22.5 Å². The van der Waals surface area contributed by atoms with Crippen molar-refractivity contribution in [2.45, 2.75) is 33.2 Å². The third-order valence-electron chi connectivity index (χ3n) is 6.36. The summed E-state index contributed by atoms with van der Waals surface area (Å²) in [6, 6.07) is 22.6. The lowest BCUT2D eigenvalue weighted by molar-refractivity contribution is 0.0512. The third kappa shape index (κ3) is 6.18. The van der Waals surface area contributed by atoms with Gasteiger partial charge in [0.05, 0.1) is 23.7 Å². The van der Waals surface area contributed by atoms with Crippen LogP contribution in [0.4, 0.5) is 0 Å². The number of thiazole rings is 1. The van der Waals surface area contributed by atoms with Crippen molar-refractivity contribution < 1.29 is 14.3 Å². The lowest BCUT2D eigenvalue weighted by Crippen LogP contribution is -2.23. The molecule has 41 heavy (non-hydrogen) atoms. The number of halogens is 1. The van der Waals surface area contributed by atoms with Crippen molar-refractivity contribution in [1.29, 1.82) is 0 Å². The second kappa shape index (κ2) is 12.8. The summed E-state index contributed by atoms with van der Waals surface area (Å²) in [6.45, 7) is 4.36. The highest BCUT2D eigenvalue weighted by atomic mass is 35.5. The molecule has 1 amide bonds. The fraction of sp³-hybridized carbons (Fsp3) is 0.200. The van der Waals surface area contributed by atoms with Crippen LogP contribution in [0.5, 0.6) is 0 Å². The van der Waals surface area contributed by atoms with Gasteiger partial charge in [-0.05, 0) is 52.6 Å². The molecule has 9 nitrogen and oxygen atoms in total. The van der Waals surface area contributed by atoms with E-state index in [-0.39, 0.29) is 6.61 Å². The van der Waals surface area contributed by atoms with Gasteiger partial charge in [-0.3, -0.25) is 4.79 Å². The van der Waals surface area contributed by atoms with Gasteiger partial charge in [-0.25, -0.2) is 9.89 Å². The standard InChI is InChI=1S/C30H27ClN6O3S/c1-3-9-25-26(29(39)40-4-2)37(30(41-25)32-28(38)23-12-7-8-13-24(23)31)18-19-14-16-20(17-15-19)21-10-5-6-11-22(21)27-33-35-36-34-27/h5-8,10-17H,3-4,9,18H2,1-2H3,(H,33,34,35,36). The number of benzene rings is 3. The van der Waals surface area contributed by atoms with Gasteiger partial charge in [-0.2, -0.15) is 4.99 Å². The topological polar surface area (TPSA) is 115 Å². The number of hydrogen-bond donors (Lipinski definition) is 1. The minimum atomic E-state index is -0.474. The molecule has 11 heteroatoms. The number of nitrogens with one attached hydrogen (secondary N) is 1. The molecule has 0 unspecified atom stereocenters. The number of nitrogens with zero attached hydrogens (tertiary/aromatic N) is 5. The molecule has 208 valence electrons. The van der Waals surface area contributed by atoms with Crippen molar-refractivity contribution in [1.82, 2.24) is 25.2 Å². The van der Waals surface area contributed by atoms with E-state index in [0.717, 1.165) is 33.6 Å². The maximum Gasteiger partial charge on any atom is 0.356 e. The van der Waals surface area contributed by atoms with E-state index >= 15 is 0 Å². The number of aromatic amines is 1. The average molecular weight is 587 g/mol. The van der Waals surface area contributed by atoms with E-state index in [1.54, 1.807) is 35.8 Å². The summed E-state index contributed by atoms with van der Waals surface area (Å²) in [5.41, 5.74) is 4.47. The Hall–Kier alpha value is -4.41. The molecule has 5 rings (SSSR count). The van der Waals surface area contributed by atoms with E-state index < -0.39 is 11.9 Å². The summed E-state index contributed by atoms with van der Waals surface area (Å²) in [6.07, 6.45) is 1.47. The molecule has 0 bridgehead atoms. The third-order valence-corrected chi connectivity index (χ3v) is 7.83. The number of aromatic nitrogens is 5. The van der Waals surface area contributed by atoms with Crippen molar-refractivity contribution in [3.05, 3.63) is 104 Å². The highest BCUT2D eigenvalue weighted by molar-refractivity contribution is 7.09. The zero-order chi connectivity index (χ0) is 28.8. The summed E-state index contributed by atoms with van der Waals surface area (Å²) in [5.74, 6) is -0.335. The zero-order valence-electron chi connectivity index (χ0n) is 22.5. The van der Waals surface area contributed by atoms with Crippen LogP contribution < -0.4 is 4.80 Å². The van der Waals surface area contributed by atoms with Crippen LogP contribution in [0.3, 0.4) is 0 Å². The Labute approximate surface area is 245 Å². The van der Waals surface area contributed by atoms with Crippen LogP contribution in [0.15, 0.2) is 77.8 Å². The minimum absolute atomic E-state index is 0.236. The first-order valence-electron chi connectivity index (χ1n) is 13.2. The summed E-state index contributed by atoms with van der Waals surface area (Å²) >= 11 is 7.59. The molecule has 2 aromatic heterocycles. The molecule has 0 aliphatic rings. The van der Waals surface area contributed by atoms with E-state index in [1.165, 1.54) is 11.3 Å².